The van der Waals surface area contributed by atoms with Crippen LogP contribution in [0.15, 0.2) is 36.4 Å². The van der Waals surface area contributed by atoms with E-state index in [4.69, 9.17) is 16.3 Å². The topological polar surface area (TPSA) is 84.5 Å². The molecule has 0 aliphatic carbocycles. The number of ketones is 1. The van der Waals surface area contributed by atoms with Gasteiger partial charge in [0.15, 0.2) is 5.78 Å². The van der Waals surface area contributed by atoms with Crippen molar-refractivity contribution in [3.05, 3.63) is 52.5 Å². The zero-order chi connectivity index (χ0) is 20.7. The van der Waals surface area contributed by atoms with E-state index in [0.717, 1.165) is 5.56 Å². The molecule has 0 saturated heterocycles. The van der Waals surface area contributed by atoms with Crippen molar-refractivity contribution in [2.75, 3.05) is 29.2 Å². The number of Topliss-reactive ketones (excluding diaryl/α,β-unsaturated/α-hetero) is 1. The van der Waals surface area contributed by atoms with E-state index in [2.05, 4.69) is 10.6 Å². The number of anilines is 2. The van der Waals surface area contributed by atoms with Crippen LogP contribution in [0.25, 0.3) is 0 Å². The lowest BCUT2D eigenvalue weighted by Gasteiger charge is -2.12. The molecule has 0 aromatic heterocycles. The summed E-state index contributed by atoms with van der Waals surface area (Å²) in [4.78, 5) is 35.6. The average Bonchev–Trinajstić information content (AvgIpc) is 2.64. The van der Waals surface area contributed by atoms with Gasteiger partial charge < -0.3 is 15.4 Å². The monoisotopic (exact) mass is 420 g/mol. The Morgan fingerprint density at radius 2 is 1.75 bits per heavy atom. The van der Waals surface area contributed by atoms with Gasteiger partial charge in [-0.1, -0.05) is 23.7 Å². The molecule has 2 N–H and O–H groups in total. The maximum absolute atomic E-state index is 12.1. The molecule has 2 rings (SSSR count). The molecule has 8 heteroatoms. The summed E-state index contributed by atoms with van der Waals surface area (Å²) in [6.07, 6.45) is 0. The number of rotatable bonds is 8. The first-order valence-corrected chi connectivity index (χ1v) is 9.96. The number of thioether (sulfide) groups is 1. The number of hydrogen-bond donors (Lipinski definition) is 2. The molecule has 0 saturated carbocycles. The van der Waals surface area contributed by atoms with E-state index >= 15 is 0 Å². The van der Waals surface area contributed by atoms with Crippen LogP contribution in [-0.2, 0) is 9.59 Å². The van der Waals surface area contributed by atoms with Gasteiger partial charge in [-0.2, -0.15) is 0 Å². The van der Waals surface area contributed by atoms with Gasteiger partial charge in [0.1, 0.15) is 5.75 Å². The Labute approximate surface area is 173 Å². The second-order valence-electron chi connectivity index (χ2n) is 6.03. The number of hydrogen-bond acceptors (Lipinski definition) is 5. The normalized spacial score (nSPS) is 10.3. The predicted molar refractivity (Wildman–Crippen MR) is 114 cm³/mol. The highest BCUT2D eigenvalue weighted by molar-refractivity contribution is 8.00. The number of carbonyl (C=O) groups excluding carboxylic acids is 3. The molecule has 2 aromatic carbocycles. The second kappa shape index (κ2) is 10.1. The number of benzene rings is 2. The molecule has 0 aliphatic rings. The zero-order valence-electron chi connectivity index (χ0n) is 15.8. The Kier molecular flexibility index (Phi) is 7.90. The van der Waals surface area contributed by atoms with E-state index in [-0.39, 0.29) is 29.1 Å². The van der Waals surface area contributed by atoms with Crippen LogP contribution in [0.2, 0.25) is 5.02 Å². The third kappa shape index (κ3) is 6.28. The van der Waals surface area contributed by atoms with E-state index in [0.29, 0.717) is 27.7 Å². The summed E-state index contributed by atoms with van der Waals surface area (Å²) in [6.45, 7) is 3.30. The van der Waals surface area contributed by atoms with Gasteiger partial charge in [0, 0.05) is 22.3 Å². The van der Waals surface area contributed by atoms with Crippen LogP contribution >= 0.6 is 23.4 Å². The number of carbonyl (C=O) groups is 3. The van der Waals surface area contributed by atoms with Crippen molar-refractivity contribution in [1.29, 1.82) is 0 Å². The fourth-order valence-corrected chi connectivity index (χ4v) is 3.14. The quantitative estimate of drug-likeness (QED) is 0.626. The molecule has 28 heavy (non-hydrogen) atoms. The molecule has 0 aliphatic heterocycles. The Morgan fingerprint density at radius 1 is 1.07 bits per heavy atom. The van der Waals surface area contributed by atoms with E-state index in [1.54, 1.807) is 36.4 Å². The van der Waals surface area contributed by atoms with E-state index in [1.165, 1.54) is 25.8 Å². The highest BCUT2D eigenvalue weighted by Gasteiger charge is 2.12. The lowest BCUT2D eigenvalue weighted by Crippen LogP contribution is -2.19. The number of ether oxygens (including phenoxy) is 1. The molecule has 0 atom stereocenters. The third-order valence-electron chi connectivity index (χ3n) is 3.77. The summed E-state index contributed by atoms with van der Waals surface area (Å²) >= 11 is 7.23. The Bertz CT molecular complexity index is 902. The van der Waals surface area contributed by atoms with Gasteiger partial charge in [0.05, 0.1) is 24.3 Å². The average molecular weight is 421 g/mol. The van der Waals surface area contributed by atoms with Gasteiger partial charge in [-0.25, -0.2) is 0 Å². The number of halogens is 1. The summed E-state index contributed by atoms with van der Waals surface area (Å²) < 4.78 is 5.22. The highest BCUT2D eigenvalue weighted by Crippen LogP contribution is 2.31. The second-order valence-corrected chi connectivity index (χ2v) is 7.42. The Morgan fingerprint density at radius 3 is 2.39 bits per heavy atom. The van der Waals surface area contributed by atoms with Crippen molar-refractivity contribution in [3.8, 4) is 5.75 Å². The molecule has 0 heterocycles. The summed E-state index contributed by atoms with van der Waals surface area (Å²) in [5, 5.41) is 6.03. The lowest BCUT2D eigenvalue weighted by molar-refractivity contribution is -0.114. The summed E-state index contributed by atoms with van der Waals surface area (Å²) in [5.74, 6) is 0.0992. The van der Waals surface area contributed by atoms with Crippen molar-refractivity contribution in [3.63, 3.8) is 0 Å². The highest BCUT2D eigenvalue weighted by atomic mass is 35.5. The van der Waals surface area contributed by atoms with Crippen molar-refractivity contribution in [2.45, 2.75) is 13.8 Å². The smallest absolute Gasteiger partial charge is 0.234 e. The zero-order valence-corrected chi connectivity index (χ0v) is 17.4. The first-order chi connectivity index (χ1) is 13.3. The molecule has 0 unspecified atom stereocenters. The molecule has 2 aromatic rings. The molecule has 148 valence electrons. The minimum absolute atomic E-state index is 0.0741. The fraction of sp³-hybridized carbons (Fsp3) is 0.250. The molecule has 0 spiro atoms. The minimum atomic E-state index is -0.253. The molecule has 6 nitrogen and oxygen atoms in total. The Balaban J connectivity index is 1.84. The third-order valence-corrected chi connectivity index (χ3v) is 5.11. The lowest BCUT2D eigenvalue weighted by atomic mass is 10.1. The molecule has 0 bridgehead atoms. The molecule has 0 fully saturated rings. The SMILES string of the molecule is COc1cc(Cl)c(C)cc1NC(=O)CSCC(=O)Nc1cccc(C(C)=O)c1. The van der Waals surface area contributed by atoms with Crippen LogP contribution in [0, 0.1) is 6.92 Å². The largest absolute Gasteiger partial charge is 0.495 e. The fourth-order valence-electron chi connectivity index (χ4n) is 2.37. The maximum Gasteiger partial charge on any atom is 0.234 e. The van der Waals surface area contributed by atoms with Gasteiger partial charge in [0.2, 0.25) is 11.8 Å². The van der Waals surface area contributed by atoms with Crippen LogP contribution in [0.4, 0.5) is 11.4 Å². The standard InChI is InChI=1S/C20H21ClN2O4S/c1-12-7-17(18(27-3)9-16(12)21)23-20(26)11-28-10-19(25)22-15-6-4-5-14(8-15)13(2)24/h4-9H,10-11H2,1-3H3,(H,22,25)(H,23,26). The van der Waals surface area contributed by atoms with Gasteiger partial charge in [0.25, 0.3) is 0 Å². The van der Waals surface area contributed by atoms with Crippen LogP contribution in [-0.4, -0.2) is 36.2 Å². The van der Waals surface area contributed by atoms with Crippen molar-refractivity contribution < 1.29 is 19.1 Å². The number of amides is 2. The van der Waals surface area contributed by atoms with Crippen LogP contribution in [0.3, 0.4) is 0 Å². The molecular formula is C20H21ClN2O4S. The van der Waals surface area contributed by atoms with Crippen LogP contribution in [0.1, 0.15) is 22.8 Å². The summed E-state index contributed by atoms with van der Waals surface area (Å²) in [6, 6.07) is 10.1. The maximum atomic E-state index is 12.1. The first-order valence-electron chi connectivity index (χ1n) is 8.42. The van der Waals surface area contributed by atoms with Crippen molar-refractivity contribution in [2.24, 2.45) is 0 Å². The summed E-state index contributed by atoms with van der Waals surface area (Å²) in [7, 11) is 1.50. The van der Waals surface area contributed by atoms with Crippen LogP contribution in [0.5, 0.6) is 5.75 Å². The van der Waals surface area contributed by atoms with Gasteiger partial charge in [-0.15, -0.1) is 11.8 Å². The number of methoxy groups -OCH3 is 1. The molecule has 2 amide bonds. The van der Waals surface area contributed by atoms with E-state index in [1.807, 2.05) is 6.92 Å². The minimum Gasteiger partial charge on any atom is -0.495 e. The first kappa shape index (κ1) is 21.8. The van der Waals surface area contributed by atoms with Gasteiger partial charge >= 0.3 is 0 Å². The molecule has 0 radical (unpaired) electrons. The predicted octanol–water partition coefficient (Wildman–Crippen LogP) is 4.17. The number of nitrogens with one attached hydrogen (secondary N) is 2. The van der Waals surface area contributed by atoms with Crippen molar-refractivity contribution >= 4 is 52.3 Å². The molecular weight excluding hydrogens is 400 g/mol. The van der Waals surface area contributed by atoms with E-state index in [9.17, 15) is 14.4 Å². The Hall–Kier alpha value is -2.51. The van der Waals surface area contributed by atoms with Crippen LogP contribution < -0.4 is 15.4 Å². The van der Waals surface area contributed by atoms with E-state index < -0.39 is 0 Å². The van der Waals surface area contributed by atoms with Crippen molar-refractivity contribution in [1.82, 2.24) is 0 Å². The number of aryl methyl sites for hydroxylation is 1. The van der Waals surface area contributed by atoms with Gasteiger partial charge in [-0.3, -0.25) is 14.4 Å². The van der Waals surface area contributed by atoms with Gasteiger partial charge in [-0.05, 0) is 37.6 Å². The summed E-state index contributed by atoms with van der Waals surface area (Å²) in [5.41, 5.74) is 2.42.